The number of guanidine groups is 1. The fourth-order valence-electron chi connectivity index (χ4n) is 8.02. The number of aliphatic carboxylic acids is 3. The largest absolute Gasteiger partial charge is 0.508 e. The first-order chi connectivity index (χ1) is 40.1. The summed E-state index contributed by atoms with van der Waals surface area (Å²) in [5.41, 5.74) is 17.7. The van der Waals surface area contributed by atoms with Crippen LogP contribution in [0.4, 0.5) is 0 Å². The normalized spacial score (nSPS) is 14.4. The lowest BCUT2D eigenvalue weighted by Gasteiger charge is -2.26. The maximum atomic E-state index is 14.1. The predicted octanol–water partition coefficient (Wildman–Crippen LogP) is -3.38. The minimum Gasteiger partial charge on any atom is -0.508 e. The molecule has 30 nitrogen and oxygen atoms in total. The molecule has 10 atom stereocenters. The van der Waals surface area contributed by atoms with E-state index in [1.54, 1.807) is 44.2 Å². The number of nitrogens with one attached hydrogen (secondary N) is 9. The minimum atomic E-state index is -1.87. The van der Waals surface area contributed by atoms with Crippen molar-refractivity contribution in [3.8, 4) is 11.5 Å². The van der Waals surface area contributed by atoms with Gasteiger partial charge in [-0.2, -0.15) is 0 Å². The summed E-state index contributed by atoms with van der Waals surface area (Å²) in [5, 5.41) is 70.5. The number of carboxylic acid groups (broad SMARTS) is 3. The number of aliphatic imine (C=N–C) groups is 1. The number of rotatable bonds is 35. The number of aromatic hydroxyl groups is 2. The van der Waals surface area contributed by atoms with Crippen LogP contribution >= 0.6 is 0 Å². The number of phenols is 2. The second-order valence-electron chi connectivity index (χ2n) is 19.9. The van der Waals surface area contributed by atoms with Crippen molar-refractivity contribution in [2.75, 3.05) is 13.1 Å². The first-order valence-electron chi connectivity index (χ1n) is 26.8. The van der Waals surface area contributed by atoms with Gasteiger partial charge in [0.05, 0.1) is 25.4 Å². The van der Waals surface area contributed by atoms with Crippen molar-refractivity contribution in [1.82, 2.24) is 47.9 Å². The first-order valence-corrected chi connectivity index (χ1v) is 26.8. The highest BCUT2D eigenvalue weighted by Crippen LogP contribution is 2.15. The van der Waals surface area contributed by atoms with E-state index in [9.17, 15) is 83.1 Å². The smallest absolute Gasteiger partial charge is 0.326 e. The summed E-state index contributed by atoms with van der Waals surface area (Å²) < 4.78 is 0. The second-order valence-corrected chi connectivity index (χ2v) is 19.9. The third-order valence-corrected chi connectivity index (χ3v) is 12.9. The lowest BCUT2D eigenvalue weighted by atomic mass is 9.98. The Morgan fingerprint density at radius 1 is 0.494 bits per heavy atom. The predicted molar refractivity (Wildman–Crippen MR) is 303 cm³/mol. The standard InChI is InChI=1S/C55H75N13O17/c1-5-28(2)45(54(84)85)68-53(83)41(26-44(74)75)67-51(81)39(22-31-10-7-6-8-11-31)64-47(77)30(4)61-50(80)38(24-33-15-19-35(70)20-16-33)62-42(71)27-60-48(78)37(23-32-13-17-34(69)18-14-32)65-52(82)40(25-43(72)73)66-49(79)36(63-46(76)29(3)56)12-9-21-59-55(57)58/h6-8,10-11,13-20,28-30,36-41,45,69-70H,5,9,12,21-27,56H2,1-4H3,(H,60,78)(H,61,80)(H,62,71)(H,63,76)(H,64,77)(H,65,82)(H,66,79)(H,67,81)(H,68,83)(H,72,73)(H,74,75)(H,84,85)(H4,57,58,59)/t28-,29-,30-,36-,37-,38-,39-,40-,41-,45-/m0/s1. The van der Waals surface area contributed by atoms with Gasteiger partial charge in [-0.25, -0.2) is 4.79 Å². The molecule has 9 amide bonds. The highest BCUT2D eigenvalue weighted by Gasteiger charge is 2.35. The molecule has 0 saturated carbocycles. The molecule has 0 fully saturated rings. The van der Waals surface area contributed by atoms with Crippen LogP contribution < -0.4 is 65.1 Å². The Morgan fingerprint density at radius 2 is 0.906 bits per heavy atom. The molecule has 20 N–H and O–H groups in total. The number of carboxylic acids is 3. The Balaban J connectivity index is 1.87. The fraction of sp³-hybridized carbons (Fsp3) is 0.436. The van der Waals surface area contributed by atoms with Crippen molar-refractivity contribution in [2.24, 2.45) is 28.1 Å². The molecule has 0 bridgehead atoms. The maximum Gasteiger partial charge on any atom is 0.326 e. The number of nitrogens with zero attached hydrogens (tertiary/aromatic N) is 1. The van der Waals surface area contributed by atoms with E-state index in [4.69, 9.17) is 17.2 Å². The quantitative estimate of drug-likeness (QED) is 0.0155. The molecule has 0 saturated heterocycles. The van der Waals surface area contributed by atoms with Crippen molar-refractivity contribution in [3.63, 3.8) is 0 Å². The van der Waals surface area contributed by atoms with E-state index in [0.717, 1.165) is 0 Å². The number of benzene rings is 3. The summed E-state index contributed by atoms with van der Waals surface area (Å²) in [6.45, 7) is 4.96. The fourth-order valence-corrected chi connectivity index (χ4v) is 8.02. The third kappa shape index (κ3) is 25.0. The molecule has 3 aromatic rings. The molecule has 0 aliphatic carbocycles. The van der Waals surface area contributed by atoms with Crippen LogP contribution in [0, 0.1) is 5.92 Å². The van der Waals surface area contributed by atoms with E-state index < -0.39 is 151 Å². The van der Waals surface area contributed by atoms with Crippen molar-refractivity contribution in [2.45, 2.75) is 133 Å². The molecule has 0 aliphatic rings. The van der Waals surface area contributed by atoms with Gasteiger partial charge in [-0.15, -0.1) is 0 Å². The monoisotopic (exact) mass is 1190 g/mol. The third-order valence-electron chi connectivity index (χ3n) is 12.9. The Morgan fingerprint density at radius 3 is 1.38 bits per heavy atom. The van der Waals surface area contributed by atoms with E-state index in [1.165, 1.54) is 62.4 Å². The van der Waals surface area contributed by atoms with Gasteiger partial charge >= 0.3 is 17.9 Å². The van der Waals surface area contributed by atoms with Crippen LogP contribution in [0.3, 0.4) is 0 Å². The molecule has 3 aromatic carbocycles. The number of hydrogen-bond acceptors (Lipinski definition) is 16. The Bertz CT molecular complexity index is 2850. The molecule has 0 aromatic heterocycles. The first kappa shape index (κ1) is 69.4. The Hall–Kier alpha value is -9.87. The van der Waals surface area contributed by atoms with Crippen molar-refractivity contribution in [3.05, 3.63) is 95.6 Å². The lowest BCUT2D eigenvalue weighted by molar-refractivity contribution is -0.145. The summed E-state index contributed by atoms with van der Waals surface area (Å²) in [6, 6.07) is 5.26. The lowest BCUT2D eigenvalue weighted by Crippen LogP contribution is -2.60. The number of hydrogen-bond donors (Lipinski definition) is 17. The summed E-state index contributed by atoms with van der Waals surface area (Å²) >= 11 is 0. The number of carbonyl (C=O) groups excluding carboxylic acids is 9. The molecule has 85 heavy (non-hydrogen) atoms. The molecular weight excluding hydrogens is 1110 g/mol. The van der Waals surface area contributed by atoms with Gasteiger partial charge in [0.2, 0.25) is 53.2 Å². The van der Waals surface area contributed by atoms with Crippen LogP contribution in [0.2, 0.25) is 0 Å². The van der Waals surface area contributed by atoms with Crippen LogP contribution in [0.5, 0.6) is 11.5 Å². The molecule has 0 heterocycles. The van der Waals surface area contributed by atoms with Gasteiger partial charge in [-0.3, -0.25) is 57.7 Å². The van der Waals surface area contributed by atoms with Crippen LogP contribution in [0.1, 0.15) is 76.5 Å². The van der Waals surface area contributed by atoms with E-state index in [2.05, 4.69) is 52.8 Å². The SMILES string of the molecule is CC[C@H](C)[C@H](NC(=O)[C@H](CC(=O)O)NC(=O)[C@H](Cc1ccccc1)NC(=O)[C@H](C)NC(=O)[C@H](Cc1ccc(O)cc1)NC(=O)CNC(=O)[C@H](Cc1ccc(O)cc1)NC(=O)[C@H](CC(=O)O)NC(=O)[C@H](CCCN=C(N)N)NC(=O)[C@H](C)N)C(=O)O. The van der Waals surface area contributed by atoms with Crippen molar-refractivity contribution in [1.29, 1.82) is 0 Å². The van der Waals surface area contributed by atoms with Crippen LogP contribution in [-0.2, 0) is 76.8 Å². The number of nitrogens with two attached hydrogens (primary N) is 3. The highest BCUT2D eigenvalue weighted by atomic mass is 16.4. The zero-order chi connectivity index (χ0) is 63.5. The zero-order valence-corrected chi connectivity index (χ0v) is 47.2. The van der Waals surface area contributed by atoms with Crippen molar-refractivity contribution < 1.29 is 83.1 Å². The zero-order valence-electron chi connectivity index (χ0n) is 47.2. The minimum absolute atomic E-state index is 0.0297. The number of carbonyl (C=O) groups is 12. The molecule has 0 aliphatic heterocycles. The van der Waals surface area contributed by atoms with Gasteiger partial charge in [-0.1, -0.05) is 74.9 Å². The van der Waals surface area contributed by atoms with E-state index in [1.807, 2.05) is 0 Å². The Kier molecular flexibility index (Phi) is 28.2. The molecule has 3 rings (SSSR count). The summed E-state index contributed by atoms with van der Waals surface area (Å²) in [7, 11) is 0. The number of amides is 9. The van der Waals surface area contributed by atoms with E-state index in [-0.39, 0.29) is 56.1 Å². The van der Waals surface area contributed by atoms with Crippen LogP contribution in [-0.4, -0.2) is 170 Å². The van der Waals surface area contributed by atoms with Gasteiger partial charge in [0.1, 0.15) is 59.8 Å². The molecule has 0 spiro atoms. The molecule has 0 radical (unpaired) electrons. The topological polar surface area (TPSA) is 505 Å². The van der Waals surface area contributed by atoms with Crippen LogP contribution in [0.15, 0.2) is 83.9 Å². The van der Waals surface area contributed by atoms with Gasteiger partial charge in [0.15, 0.2) is 5.96 Å². The summed E-state index contributed by atoms with van der Waals surface area (Å²) in [4.78, 5) is 163. The van der Waals surface area contributed by atoms with Crippen LogP contribution in [0.25, 0.3) is 0 Å². The molecule has 462 valence electrons. The number of phenolic OH excluding ortho intramolecular Hbond substituents is 2. The average molecular weight is 1190 g/mol. The van der Waals surface area contributed by atoms with Gasteiger partial charge in [-0.05, 0) is 73.6 Å². The van der Waals surface area contributed by atoms with E-state index in [0.29, 0.717) is 23.1 Å². The summed E-state index contributed by atoms with van der Waals surface area (Å²) in [5.74, 6) is -14.7. The van der Waals surface area contributed by atoms with Gasteiger partial charge in [0.25, 0.3) is 0 Å². The Labute approximate surface area is 488 Å². The molecular formula is C55H75N13O17. The average Bonchev–Trinajstić information content (AvgIpc) is 3.54. The maximum absolute atomic E-state index is 14.1. The van der Waals surface area contributed by atoms with Crippen molar-refractivity contribution >= 4 is 77.0 Å². The van der Waals surface area contributed by atoms with Gasteiger partial charge < -0.3 is 90.6 Å². The molecule has 0 unspecified atom stereocenters. The van der Waals surface area contributed by atoms with Gasteiger partial charge in [0, 0.05) is 25.8 Å². The highest BCUT2D eigenvalue weighted by molar-refractivity contribution is 5.99. The second kappa shape index (κ2) is 34.5. The molecule has 30 heteroatoms. The van der Waals surface area contributed by atoms with E-state index >= 15 is 0 Å². The summed E-state index contributed by atoms with van der Waals surface area (Å²) in [6.07, 6.45) is -2.48.